The predicted molar refractivity (Wildman–Crippen MR) is 78.8 cm³/mol. The summed E-state index contributed by atoms with van der Waals surface area (Å²) in [5.74, 6) is 0.292. The number of aromatic hydroxyl groups is 1. The molecule has 0 unspecified atom stereocenters. The molecule has 1 aliphatic rings. The van der Waals surface area contributed by atoms with Crippen LogP contribution in [-0.2, 0) is 13.0 Å². The molecule has 0 spiro atoms. The maximum absolute atomic E-state index is 9.42. The van der Waals surface area contributed by atoms with Crippen LogP contribution in [0.3, 0.4) is 0 Å². The minimum Gasteiger partial charge on any atom is -0.508 e. The number of likely N-dealkylation sites (N-methyl/N-ethyl adjacent to an activating group) is 1. The fourth-order valence-corrected chi connectivity index (χ4v) is 2.55. The number of nitrogens with zero attached hydrogens (tertiary/aromatic N) is 1. The minimum absolute atomic E-state index is 0.292. The molecule has 0 amide bonds. The number of phenols is 1. The minimum atomic E-state index is 0.292. The lowest BCUT2D eigenvalue weighted by Crippen LogP contribution is -2.12. The quantitative estimate of drug-likeness (QED) is 0.884. The van der Waals surface area contributed by atoms with E-state index in [4.69, 9.17) is 0 Å². The van der Waals surface area contributed by atoms with Crippen LogP contribution in [0.4, 0.5) is 11.4 Å². The standard InChI is InChI=1S/C16H18N2O/c1-18-8-7-13-9-12(5-6-16(13)18)11-17-14-3-2-4-15(19)10-14/h2-6,9-10,17,19H,7-8,11H2,1H3. The van der Waals surface area contributed by atoms with Gasteiger partial charge in [-0.3, -0.25) is 0 Å². The molecule has 0 saturated carbocycles. The first-order chi connectivity index (χ1) is 9.22. The van der Waals surface area contributed by atoms with Crippen LogP contribution in [0.15, 0.2) is 42.5 Å². The van der Waals surface area contributed by atoms with Gasteiger partial charge in [0.05, 0.1) is 0 Å². The predicted octanol–water partition coefficient (Wildman–Crippen LogP) is 3.00. The van der Waals surface area contributed by atoms with Gasteiger partial charge in [-0.25, -0.2) is 0 Å². The molecule has 0 radical (unpaired) electrons. The number of rotatable bonds is 3. The molecule has 2 aromatic carbocycles. The Labute approximate surface area is 113 Å². The fraction of sp³-hybridized carbons (Fsp3) is 0.250. The Morgan fingerprint density at radius 1 is 1.21 bits per heavy atom. The Bertz CT molecular complexity index is 595. The molecule has 98 valence electrons. The largest absolute Gasteiger partial charge is 0.508 e. The molecule has 19 heavy (non-hydrogen) atoms. The van der Waals surface area contributed by atoms with Gasteiger partial charge in [0, 0.05) is 37.6 Å². The summed E-state index contributed by atoms with van der Waals surface area (Å²) >= 11 is 0. The van der Waals surface area contributed by atoms with E-state index in [1.54, 1.807) is 12.1 Å². The maximum Gasteiger partial charge on any atom is 0.117 e. The highest BCUT2D eigenvalue weighted by Crippen LogP contribution is 2.27. The van der Waals surface area contributed by atoms with Crippen LogP contribution in [0.1, 0.15) is 11.1 Å². The molecule has 0 aliphatic carbocycles. The second-order valence-electron chi connectivity index (χ2n) is 5.04. The first kappa shape index (κ1) is 11.9. The second-order valence-corrected chi connectivity index (χ2v) is 5.04. The molecule has 1 aliphatic heterocycles. The SMILES string of the molecule is CN1CCc2cc(CNc3cccc(O)c3)ccc21. The van der Waals surface area contributed by atoms with E-state index in [2.05, 4.69) is 35.5 Å². The van der Waals surface area contributed by atoms with Gasteiger partial charge in [0.1, 0.15) is 5.75 Å². The van der Waals surface area contributed by atoms with Gasteiger partial charge in [-0.1, -0.05) is 18.2 Å². The van der Waals surface area contributed by atoms with E-state index in [-0.39, 0.29) is 0 Å². The molecular formula is C16H18N2O. The highest BCUT2D eigenvalue weighted by atomic mass is 16.3. The molecule has 1 heterocycles. The van der Waals surface area contributed by atoms with Gasteiger partial charge in [0.2, 0.25) is 0 Å². The molecule has 0 atom stereocenters. The van der Waals surface area contributed by atoms with Crippen molar-refractivity contribution in [3.8, 4) is 5.75 Å². The van der Waals surface area contributed by atoms with Crippen molar-refractivity contribution >= 4 is 11.4 Å². The van der Waals surface area contributed by atoms with Gasteiger partial charge in [-0.2, -0.15) is 0 Å². The third kappa shape index (κ3) is 2.50. The van der Waals surface area contributed by atoms with Crippen molar-refractivity contribution in [3.63, 3.8) is 0 Å². The van der Waals surface area contributed by atoms with Crippen LogP contribution in [-0.4, -0.2) is 18.7 Å². The lowest BCUT2D eigenvalue weighted by atomic mass is 10.1. The summed E-state index contributed by atoms with van der Waals surface area (Å²) in [5, 5.41) is 12.8. The number of hydrogen-bond donors (Lipinski definition) is 2. The molecular weight excluding hydrogens is 236 g/mol. The lowest BCUT2D eigenvalue weighted by molar-refractivity contribution is 0.475. The second kappa shape index (κ2) is 4.84. The van der Waals surface area contributed by atoms with E-state index >= 15 is 0 Å². The molecule has 3 heteroatoms. The Balaban J connectivity index is 1.71. The topological polar surface area (TPSA) is 35.5 Å². The molecule has 3 rings (SSSR count). The smallest absolute Gasteiger partial charge is 0.117 e. The third-order valence-electron chi connectivity index (χ3n) is 3.61. The van der Waals surface area contributed by atoms with Crippen LogP contribution < -0.4 is 10.2 Å². The number of nitrogens with one attached hydrogen (secondary N) is 1. The van der Waals surface area contributed by atoms with Crippen LogP contribution in [0, 0.1) is 0 Å². The first-order valence-electron chi connectivity index (χ1n) is 6.58. The Morgan fingerprint density at radius 3 is 2.95 bits per heavy atom. The normalized spacial score (nSPS) is 13.4. The number of hydrogen-bond acceptors (Lipinski definition) is 3. The summed E-state index contributed by atoms with van der Waals surface area (Å²) in [6, 6.07) is 13.8. The van der Waals surface area contributed by atoms with E-state index in [1.807, 2.05) is 12.1 Å². The van der Waals surface area contributed by atoms with E-state index in [1.165, 1.54) is 16.8 Å². The number of benzene rings is 2. The average molecular weight is 254 g/mol. The molecule has 0 saturated heterocycles. The average Bonchev–Trinajstić information content (AvgIpc) is 2.78. The zero-order valence-corrected chi connectivity index (χ0v) is 11.1. The van der Waals surface area contributed by atoms with Gasteiger partial charge >= 0.3 is 0 Å². The highest BCUT2D eigenvalue weighted by Gasteiger charge is 2.15. The zero-order chi connectivity index (χ0) is 13.2. The Kier molecular flexibility index (Phi) is 3.03. The summed E-state index contributed by atoms with van der Waals surface area (Å²) in [7, 11) is 2.14. The highest BCUT2D eigenvalue weighted by molar-refractivity contribution is 5.59. The summed E-state index contributed by atoms with van der Waals surface area (Å²) in [4.78, 5) is 2.29. The van der Waals surface area contributed by atoms with Crippen molar-refractivity contribution in [3.05, 3.63) is 53.6 Å². The molecule has 2 N–H and O–H groups in total. The maximum atomic E-state index is 9.42. The van der Waals surface area contributed by atoms with Crippen LogP contribution in [0.2, 0.25) is 0 Å². The van der Waals surface area contributed by atoms with Crippen molar-refractivity contribution in [2.75, 3.05) is 23.8 Å². The van der Waals surface area contributed by atoms with Gasteiger partial charge in [-0.15, -0.1) is 0 Å². The number of phenolic OH excluding ortho intramolecular Hbond substituents is 1. The molecule has 0 aromatic heterocycles. The fourth-order valence-electron chi connectivity index (χ4n) is 2.55. The Hall–Kier alpha value is -2.16. The van der Waals surface area contributed by atoms with E-state index in [0.717, 1.165) is 25.2 Å². The molecule has 3 nitrogen and oxygen atoms in total. The Morgan fingerprint density at radius 2 is 2.11 bits per heavy atom. The lowest BCUT2D eigenvalue weighted by Gasteiger charge is -2.12. The van der Waals surface area contributed by atoms with Crippen LogP contribution in [0.25, 0.3) is 0 Å². The summed E-state index contributed by atoms with van der Waals surface area (Å²) in [5.41, 5.74) is 4.99. The first-order valence-corrected chi connectivity index (χ1v) is 6.58. The van der Waals surface area contributed by atoms with Crippen molar-refractivity contribution in [2.45, 2.75) is 13.0 Å². The van der Waals surface area contributed by atoms with Gasteiger partial charge in [0.15, 0.2) is 0 Å². The van der Waals surface area contributed by atoms with E-state index < -0.39 is 0 Å². The van der Waals surface area contributed by atoms with Gasteiger partial charge in [0.25, 0.3) is 0 Å². The monoisotopic (exact) mass is 254 g/mol. The van der Waals surface area contributed by atoms with Crippen molar-refractivity contribution in [2.24, 2.45) is 0 Å². The van der Waals surface area contributed by atoms with Crippen molar-refractivity contribution in [1.82, 2.24) is 0 Å². The summed E-state index contributed by atoms with van der Waals surface area (Å²) < 4.78 is 0. The van der Waals surface area contributed by atoms with E-state index in [0.29, 0.717) is 5.75 Å². The van der Waals surface area contributed by atoms with E-state index in [9.17, 15) is 5.11 Å². The molecule has 0 bridgehead atoms. The summed E-state index contributed by atoms with van der Waals surface area (Å²) in [6.07, 6.45) is 1.13. The van der Waals surface area contributed by atoms with Crippen molar-refractivity contribution < 1.29 is 5.11 Å². The third-order valence-corrected chi connectivity index (χ3v) is 3.61. The number of anilines is 2. The van der Waals surface area contributed by atoms with Gasteiger partial charge in [-0.05, 0) is 35.7 Å². The molecule has 0 fully saturated rings. The molecule has 2 aromatic rings. The van der Waals surface area contributed by atoms with Crippen molar-refractivity contribution in [1.29, 1.82) is 0 Å². The van der Waals surface area contributed by atoms with Crippen LogP contribution >= 0.6 is 0 Å². The van der Waals surface area contributed by atoms with Gasteiger partial charge < -0.3 is 15.3 Å². The summed E-state index contributed by atoms with van der Waals surface area (Å²) in [6.45, 7) is 1.89. The zero-order valence-electron chi connectivity index (χ0n) is 11.1. The number of fused-ring (bicyclic) bond motifs is 1. The van der Waals surface area contributed by atoms with Crippen LogP contribution in [0.5, 0.6) is 5.75 Å².